The van der Waals surface area contributed by atoms with Crippen molar-refractivity contribution >= 4 is 52.7 Å². The largest absolute Gasteiger partial charge is 0.402 e. The van der Waals surface area contributed by atoms with E-state index in [4.69, 9.17) is 39.5 Å². The van der Waals surface area contributed by atoms with Crippen LogP contribution in [0.5, 0.6) is 0 Å². The van der Waals surface area contributed by atoms with Crippen molar-refractivity contribution in [3.8, 4) is 0 Å². The number of hydrogen-bond acceptors (Lipinski definition) is 3. The van der Waals surface area contributed by atoms with Gasteiger partial charge in [0.1, 0.15) is 0 Å². The Morgan fingerprint density at radius 2 is 1.64 bits per heavy atom. The molecule has 0 fully saturated rings. The number of carbonyl (C=O) groups is 1. The molecule has 0 bridgehead atoms. The first-order valence-electron chi connectivity index (χ1n) is 6.26. The van der Waals surface area contributed by atoms with E-state index in [1.165, 1.54) is 0 Å². The Morgan fingerprint density at radius 1 is 0.955 bits per heavy atom. The van der Waals surface area contributed by atoms with Crippen LogP contribution in [0.3, 0.4) is 0 Å². The van der Waals surface area contributed by atoms with Gasteiger partial charge in [0.15, 0.2) is 5.70 Å². The summed E-state index contributed by atoms with van der Waals surface area (Å²) in [6, 6.07) is 11.8. The lowest BCUT2D eigenvalue weighted by Gasteiger charge is -1.99. The van der Waals surface area contributed by atoms with Gasteiger partial charge in [0.25, 0.3) is 0 Å². The molecule has 3 rings (SSSR count). The van der Waals surface area contributed by atoms with Crippen LogP contribution in [0.15, 0.2) is 53.2 Å². The summed E-state index contributed by atoms with van der Waals surface area (Å²) in [6.45, 7) is 0. The van der Waals surface area contributed by atoms with Crippen molar-refractivity contribution in [2.45, 2.75) is 0 Å². The third-order valence-electron chi connectivity index (χ3n) is 2.97. The van der Waals surface area contributed by atoms with E-state index in [1.54, 1.807) is 48.5 Å². The number of esters is 1. The van der Waals surface area contributed by atoms with Crippen LogP contribution in [-0.4, -0.2) is 11.9 Å². The number of halogens is 3. The zero-order valence-electron chi connectivity index (χ0n) is 11.0. The summed E-state index contributed by atoms with van der Waals surface area (Å²) in [6.07, 6.45) is 1.56. The average molecular weight is 353 g/mol. The average Bonchev–Trinajstić information content (AvgIpc) is 2.84. The topological polar surface area (TPSA) is 38.7 Å². The van der Waals surface area contributed by atoms with Gasteiger partial charge in [0.2, 0.25) is 5.90 Å². The number of benzene rings is 2. The summed E-state index contributed by atoms with van der Waals surface area (Å²) in [4.78, 5) is 16.1. The molecular formula is C16H8Cl3NO2. The van der Waals surface area contributed by atoms with Crippen LogP contribution in [0.1, 0.15) is 11.1 Å². The molecule has 1 heterocycles. The van der Waals surface area contributed by atoms with Gasteiger partial charge >= 0.3 is 5.97 Å². The van der Waals surface area contributed by atoms with Gasteiger partial charge in [-0.05, 0) is 48.0 Å². The van der Waals surface area contributed by atoms with E-state index in [0.29, 0.717) is 26.2 Å². The lowest BCUT2D eigenvalue weighted by Crippen LogP contribution is -2.05. The van der Waals surface area contributed by atoms with E-state index in [-0.39, 0.29) is 11.6 Å². The molecule has 1 aliphatic heterocycles. The molecule has 0 N–H and O–H groups in total. The Morgan fingerprint density at radius 3 is 2.32 bits per heavy atom. The van der Waals surface area contributed by atoms with Crippen molar-refractivity contribution in [2.24, 2.45) is 4.99 Å². The molecular weight excluding hydrogens is 345 g/mol. The van der Waals surface area contributed by atoms with Gasteiger partial charge in [-0.1, -0.05) is 40.9 Å². The van der Waals surface area contributed by atoms with Crippen molar-refractivity contribution in [3.05, 3.63) is 74.4 Å². The van der Waals surface area contributed by atoms with Gasteiger partial charge in [-0.15, -0.1) is 0 Å². The van der Waals surface area contributed by atoms with Crippen LogP contribution in [0.2, 0.25) is 15.1 Å². The highest BCUT2D eigenvalue weighted by Crippen LogP contribution is 2.26. The molecule has 6 heteroatoms. The number of carbonyl (C=O) groups excluding carboxylic acids is 1. The minimum atomic E-state index is -0.532. The summed E-state index contributed by atoms with van der Waals surface area (Å²) in [5.41, 5.74) is 1.48. The summed E-state index contributed by atoms with van der Waals surface area (Å²) in [5.74, 6) is -0.297. The summed E-state index contributed by atoms with van der Waals surface area (Å²) < 4.78 is 5.17. The Bertz CT molecular complexity index is 811. The third-order valence-corrected chi connectivity index (χ3v) is 3.78. The first-order chi connectivity index (χ1) is 10.5. The lowest BCUT2D eigenvalue weighted by molar-refractivity contribution is -0.129. The zero-order chi connectivity index (χ0) is 15.7. The molecule has 3 nitrogen and oxygen atoms in total. The molecule has 0 aromatic heterocycles. The smallest absolute Gasteiger partial charge is 0.363 e. The molecule has 0 spiro atoms. The fourth-order valence-corrected chi connectivity index (χ4v) is 2.48. The molecule has 0 aliphatic carbocycles. The standard InChI is InChI=1S/C16H8Cl3NO2/c17-11-4-1-9(2-5-11)15-20-14(16(21)22-15)7-10-3-6-12(18)8-13(10)19/h1-8H/b14-7-. The molecule has 0 unspecified atom stereocenters. The Balaban J connectivity index is 1.95. The molecule has 2 aromatic rings. The second kappa shape index (κ2) is 6.13. The second-order valence-electron chi connectivity index (χ2n) is 4.51. The maximum atomic E-state index is 11.9. The number of ether oxygens (including phenoxy) is 1. The van der Waals surface area contributed by atoms with Crippen LogP contribution in [0.25, 0.3) is 6.08 Å². The van der Waals surface area contributed by atoms with Crippen molar-refractivity contribution < 1.29 is 9.53 Å². The van der Waals surface area contributed by atoms with Crippen molar-refractivity contribution in [3.63, 3.8) is 0 Å². The lowest BCUT2D eigenvalue weighted by atomic mass is 10.2. The van der Waals surface area contributed by atoms with E-state index >= 15 is 0 Å². The highest BCUT2D eigenvalue weighted by molar-refractivity contribution is 6.35. The minimum absolute atomic E-state index is 0.175. The van der Waals surface area contributed by atoms with Crippen LogP contribution in [-0.2, 0) is 9.53 Å². The zero-order valence-corrected chi connectivity index (χ0v) is 13.3. The summed E-state index contributed by atoms with van der Waals surface area (Å²) >= 11 is 17.8. The van der Waals surface area contributed by atoms with Crippen LogP contribution < -0.4 is 0 Å². The Labute approximate surface area is 141 Å². The van der Waals surface area contributed by atoms with Gasteiger partial charge < -0.3 is 4.74 Å². The SMILES string of the molecule is O=C1OC(c2ccc(Cl)cc2)=N/C1=C\c1ccc(Cl)cc1Cl. The number of hydrogen-bond donors (Lipinski definition) is 0. The van der Waals surface area contributed by atoms with Gasteiger partial charge in [0, 0.05) is 20.6 Å². The molecule has 0 saturated carbocycles. The predicted molar refractivity (Wildman–Crippen MR) is 88.5 cm³/mol. The number of cyclic esters (lactones) is 1. The molecule has 2 aromatic carbocycles. The van der Waals surface area contributed by atoms with Gasteiger partial charge in [-0.2, -0.15) is 0 Å². The van der Waals surface area contributed by atoms with E-state index in [2.05, 4.69) is 4.99 Å². The summed E-state index contributed by atoms with van der Waals surface area (Å²) in [7, 11) is 0. The minimum Gasteiger partial charge on any atom is -0.402 e. The van der Waals surface area contributed by atoms with Crippen LogP contribution in [0, 0.1) is 0 Å². The van der Waals surface area contributed by atoms with Crippen molar-refractivity contribution in [1.29, 1.82) is 0 Å². The highest BCUT2D eigenvalue weighted by Gasteiger charge is 2.24. The molecule has 0 radical (unpaired) electrons. The number of aliphatic imine (C=N–C) groups is 1. The van der Waals surface area contributed by atoms with Crippen molar-refractivity contribution in [1.82, 2.24) is 0 Å². The fourth-order valence-electron chi connectivity index (χ4n) is 1.89. The van der Waals surface area contributed by atoms with Crippen LogP contribution >= 0.6 is 34.8 Å². The predicted octanol–water partition coefficient (Wildman–Crippen LogP) is 4.99. The van der Waals surface area contributed by atoms with E-state index in [9.17, 15) is 4.79 Å². The van der Waals surface area contributed by atoms with E-state index < -0.39 is 5.97 Å². The summed E-state index contributed by atoms with van der Waals surface area (Å²) in [5, 5.41) is 1.55. The number of rotatable bonds is 2. The third kappa shape index (κ3) is 3.17. The first-order valence-corrected chi connectivity index (χ1v) is 7.40. The van der Waals surface area contributed by atoms with E-state index in [0.717, 1.165) is 0 Å². The fraction of sp³-hybridized carbons (Fsp3) is 0. The molecule has 0 atom stereocenters. The maximum Gasteiger partial charge on any atom is 0.363 e. The van der Waals surface area contributed by atoms with E-state index in [1.807, 2.05) is 0 Å². The molecule has 0 amide bonds. The van der Waals surface area contributed by atoms with Gasteiger partial charge in [-0.25, -0.2) is 9.79 Å². The van der Waals surface area contributed by atoms with Gasteiger partial charge in [0.05, 0.1) is 0 Å². The molecule has 0 saturated heterocycles. The first kappa shape index (κ1) is 15.1. The normalized spacial score (nSPS) is 15.9. The highest BCUT2D eigenvalue weighted by atomic mass is 35.5. The van der Waals surface area contributed by atoms with Gasteiger partial charge in [-0.3, -0.25) is 0 Å². The monoisotopic (exact) mass is 351 g/mol. The Hall–Kier alpha value is -1.81. The number of nitrogens with zero attached hydrogens (tertiary/aromatic N) is 1. The quantitative estimate of drug-likeness (QED) is 0.564. The molecule has 1 aliphatic rings. The molecule has 110 valence electrons. The Kier molecular flexibility index (Phi) is 4.21. The second-order valence-corrected chi connectivity index (χ2v) is 5.79. The van der Waals surface area contributed by atoms with Crippen LogP contribution in [0.4, 0.5) is 0 Å². The maximum absolute atomic E-state index is 11.9. The van der Waals surface area contributed by atoms with Crippen molar-refractivity contribution in [2.75, 3.05) is 0 Å². The molecule has 22 heavy (non-hydrogen) atoms.